The topological polar surface area (TPSA) is 62.1 Å². The molecule has 0 spiro atoms. The first-order valence-electron chi connectivity index (χ1n) is 6.89. The zero-order valence-corrected chi connectivity index (χ0v) is 14.1. The molecule has 0 aliphatic carbocycles. The number of anilines is 1. The number of hydrogen-bond acceptors (Lipinski definition) is 4. The number of rotatable bonds is 6. The average Bonchev–Trinajstić information content (AvgIpc) is 2.56. The largest absolute Gasteiger partial charge is 0.496 e. The third-order valence-electron chi connectivity index (χ3n) is 3.01. The van der Waals surface area contributed by atoms with Crippen LogP contribution in [-0.4, -0.2) is 18.8 Å². The highest BCUT2D eigenvalue weighted by molar-refractivity contribution is 7.99. The van der Waals surface area contributed by atoms with E-state index in [0.717, 1.165) is 4.90 Å². The van der Waals surface area contributed by atoms with E-state index >= 15 is 0 Å². The lowest BCUT2D eigenvalue weighted by atomic mass is 10.2. The van der Waals surface area contributed by atoms with Crippen LogP contribution in [0.5, 0.6) is 5.75 Å². The van der Waals surface area contributed by atoms with Crippen LogP contribution < -0.4 is 10.1 Å². The minimum atomic E-state index is -0.271. The van der Waals surface area contributed by atoms with Gasteiger partial charge in [-0.15, -0.1) is 11.8 Å². The standard InChI is InChI=1S/C17H15ClN2O2S/c1-22-15-11-12(18)7-8-13(15)17(21)20-14-5-2-3-6-16(14)23-10-4-9-19/h2-3,5-8,11H,4,10H2,1H3,(H,20,21). The number of benzene rings is 2. The summed E-state index contributed by atoms with van der Waals surface area (Å²) in [5.41, 5.74) is 1.12. The van der Waals surface area contributed by atoms with E-state index < -0.39 is 0 Å². The van der Waals surface area contributed by atoms with Crippen molar-refractivity contribution in [1.29, 1.82) is 5.26 Å². The molecule has 0 saturated heterocycles. The minimum Gasteiger partial charge on any atom is -0.496 e. The Morgan fingerprint density at radius 1 is 1.35 bits per heavy atom. The summed E-state index contributed by atoms with van der Waals surface area (Å²) in [6.45, 7) is 0. The summed E-state index contributed by atoms with van der Waals surface area (Å²) >= 11 is 7.45. The molecule has 0 aromatic heterocycles. The van der Waals surface area contributed by atoms with Gasteiger partial charge in [-0.2, -0.15) is 5.26 Å². The first kappa shape index (κ1) is 17.2. The molecule has 6 heteroatoms. The summed E-state index contributed by atoms with van der Waals surface area (Å²) < 4.78 is 5.21. The van der Waals surface area contributed by atoms with Gasteiger partial charge in [-0.1, -0.05) is 23.7 Å². The van der Waals surface area contributed by atoms with Crippen LogP contribution >= 0.6 is 23.4 Å². The second-order valence-electron chi connectivity index (χ2n) is 4.55. The lowest BCUT2D eigenvalue weighted by Crippen LogP contribution is -2.13. The van der Waals surface area contributed by atoms with Crippen molar-refractivity contribution in [3.63, 3.8) is 0 Å². The van der Waals surface area contributed by atoms with Crippen LogP contribution in [-0.2, 0) is 0 Å². The molecule has 1 amide bonds. The van der Waals surface area contributed by atoms with Crippen molar-refractivity contribution >= 4 is 35.0 Å². The Morgan fingerprint density at radius 2 is 2.13 bits per heavy atom. The SMILES string of the molecule is COc1cc(Cl)ccc1C(=O)Nc1ccccc1SCCC#N. The smallest absolute Gasteiger partial charge is 0.259 e. The van der Waals surface area contributed by atoms with E-state index in [1.54, 1.807) is 18.2 Å². The summed E-state index contributed by atoms with van der Waals surface area (Å²) in [7, 11) is 1.49. The summed E-state index contributed by atoms with van der Waals surface area (Å²) in [5.74, 6) is 0.824. The van der Waals surface area contributed by atoms with Crippen molar-refractivity contribution in [2.45, 2.75) is 11.3 Å². The van der Waals surface area contributed by atoms with Crippen LogP contribution in [0.15, 0.2) is 47.4 Å². The van der Waals surface area contributed by atoms with E-state index in [0.29, 0.717) is 34.2 Å². The Hall–Kier alpha value is -2.16. The number of para-hydroxylation sites is 1. The molecule has 1 N–H and O–H groups in total. The number of amides is 1. The van der Waals surface area contributed by atoms with Crippen molar-refractivity contribution in [1.82, 2.24) is 0 Å². The third-order valence-corrected chi connectivity index (χ3v) is 4.33. The number of thioether (sulfide) groups is 1. The quantitative estimate of drug-likeness (QED) is 0.613. The predicted molar refractivity (Wildman–Crippen MR) is 93.4 cm³/mol. The molecule has 0 heterocycles. The minimum absolute atomic E-state index is 0.271. The number of nitrogens with zero attached hydrogens (tertiary/aromatic N) is 1. The number of carbonyl (C=O) groups is 1. The third kappa shape index (κ3) is 4.65. The maximum absolute atomic E-state index is 12.5. The van der Waals surface area contributed by atoms with Gasteiger partial charge in [0.15, 0.2) is 0 Å². The molecule has 0 fully saturated rings. The number of methoxy groups -OCH3 is 1. The van der Waals surface area contributed by atoms with Crippen LogP contribution in [0.3, 0.4) is 0 Å². The molecular weight excluding hydrogens is 332 g/mol. The average molecular weight is 347 g/mol. The summed E-state index contributed by atoms with van der Waals surface area (Å²) in [6.07, 6.45) is 0.456. The number of carbonyl (C=O) groups excluding carboxylic acids is 1. The van der Waals surface area contributed by atoms with Crippen molar-refractivity contribution in [3.8, 4) is 11.8 Å². The molecule has 0 unspecified atom stereocenters. The first-order valence-corrected chi connectivity index (χ1v) is 8.25. The van der Waals surface area contributed by atoms with Gasteiger partial charge >= 0.3 is 0 Å². The fraction of sp³-hybridized carbons (Fsp3) is 0.176. The predicted octanol–water partition coefficient (Wildman–Crippen LogP) is 4.61. The van der Waals surface area contributed by atoms with E-state index in [-0.39, 0.29) is 5.91 Å². The molecule has 0 saturated carbocycles. The molecule has 118 valence electrons. The monoisotopic (exact) mass is 346 g/mol. The Labute approximate surface area is 144 Å². The second kappa shape index (κ2) is 8.47. The zero-order valence-electron chi connectivity index (χ0n) is 12.5. The fourth-order valence-corrected chi connectivity index (χ4v) is 2.97. The lowest BCUT2D eigenvalue weighted by molar-refractivity contribution is 0.102. The molecule has 0 bridgehead atoms. The maximum atomic E-state index is 12.5. The molecule has 2 aromatic carbocycles. The van der Waals surface area contributed by atoms with E-state index in [4.69, 9.17) is 21.6 Å². The van der Waals surface area contributed by atoms with Crippen LogP contribution in [0.4, 0.5) is 5.69 Å². The van der Waals surface area contributed by atoms with Gasteiger partial charge in [0.1, 0.15) is 5.75 Å². The van der Waals surface area contributed by atoms with E-state index in [2.05, 4.69) is 11.4 Å². The van der Waals surface area contributed by atoms with Gasteiger partial charge in [0.25, 0.3) is 5.91 Å². The van der Waals surface area contributed by atoms with Crippen LogP contribution in [0.1, 0.15) is 16.8 Å². The van der Waals surface area contributed by atoms with Crippen molar-refractivity contribution < 1.29 is 9.53 Å². The van der Waals surface area contributed by atoms with E-state index in [1.807, 2.05) is 24.3 Å². The second-order valence-corrected chi connectivity index (χ2v) is 6.12. The van der Waals surface area contributed by atoms with Gasteiger partial charge in [0.05, 0.1) is 24.4 Å². The molecular formula is C17H15ClN2O2S. The Balaban J connectivity index is 2.19. The van der Waals surface area contributed by atoms with Crippen LogP contribution in [0, 0.1) is 11.3 Å². The van der Waals surface area contributed by atoms with Gasteiger partial charge in [0, 0.05) is 22.1 Å². The van der Waals surface area contributed by atoms with Gasteiger partial charge in [-0.05, 0) is 30.3 Å². The first-order chi connectivity index (χ1) is 11.2. The van der Waals surface area contributed by atoms with E-state index in [9.17, 15) is 4.79 Å². The van der Waals surface area contributed by atoms with Crippen molar-refractivity contribution in [2.75, 3.05) is 18.2 Å². The van der Waals surface area contributed by atoms with Crippen LogP contribution in [0.2, 0.25) is 5.02 Å². The van der Waals surface area contributed by atoms with Gasteiger partial charge in [-0.25, -0.2) is 0 Å². The number of halogens is 1. The maximum Gasteiger partial charge on any atom is 0.259 e. The summed E-state index contributed by atoms with van der Waals surface area (Å²) in [6, 6.07) is 14.5. The molecule has 0 radical (unpaired) electrons. The molecule has 0 aliphatic heterocycles. The summed E-state index contributed by atoms with van der Waals surface area (Å²) in [5, 5.41) is 12.0. The highest BCUT2D eigenvalue weighted by Gasteiger charge is 2.14. The Morgan fingerprint density at radius 3 is 2.87 bits per heavy atom. The normalized spacial score (nSPS) is 9.96. The number of hydrogen-bond donors (Lipinski definition) is 1. The lowest BCUT2D eigenvalue weighted by Gasteiger charge is -2.12. The zero-order chi connectivity index (χ0) is 16.7. The summed E-state index contributed by atoms with van der Waals surface area (Å²) in [4.78, 5) is 13.4. The Bertz CT molecular complexity index is 744. The molecule has 23 heavy (non-hydrogen) atoms. The number of nitriles is 1. The van der Waals surface area contributed by atoms with Gasteiger partial charge in [0.2, 0.25) is 0 Å². The van der Waals surface area contributed by atoms with Gasteiger partial charge < -0.3 is 10.1 Å². The van der Waals surface area contributed by atoms with Crippen molar-refractivity contribution in [3.05, 3.63) is 53.1 Å². The number of ether oxygens (including phenoxy) is 1. The number of nitrogens with one attached hydrogen (secondary N) is 1. The van der Waals surface area contributed by atoms with Crippen molar-refractivity contribution in [2.24, 2.45) is 0 Å². The molecule has 2 aromatic rings. The molecule has 4 nitrogen and oxygen atoms in total. The Kier molecular flexibility index (Phi) is 6.33. The van der Waals surface area contributed by atoms with Gasteiger partial charge in [-0.3, -0.25) is 4.79 Å². The molecule has 2 rings (SSSR count). The highest BCUT2D eigenvalue weighted by Crippen LogP contribution is 2.29. The fourth-order valence-electron chi connectivity index (χ4n) is 1.94. The molecule has 0 atom stereocenters. The van der Waals surface area contributed by atoms with E-state index in [1.165, 1.54) is 18.9 Å². The molecule has 0 aliphatic rings. The highest BCUT2D eigenvalue weighted by atomic mass is 35.5. The van der Waals surface area contributed by atoms with Crippen LogP contribution in [0.25, 0.3) is 0 Å².